The number of nitrogens with zero attached hydrogens (tertiary/aromatic N) is 1. The van der Waals surface area contributed by atoms with Crippen molar-refractivity contribution in [3.8, 4) is 11.5 Å². The Morgan fingerprint density at radius 1 is 1.05 bits per heavy atom. The third-order valence-corrected chi connectivity index (χ3v) is 6.87. The SMILES string of the molecule is CCCC=CC=CC1CC(O)C(O)C(=O)C1C=O.O=C(C=CC=Cc1ccc2c(c1)OCO2)N1CCCCC1. The number of allylic oxidation sites excluding steroid dienone is 6. The van der Waals surface area contributed by atoms with E-state index in [1.54, 1.807) is 24.3 Å². The van der Waals surface area contributed by atoms with Crippen LogP contribution in [-0.4, -0.2) is 65.2 Å². The zero-order valence-corrected chi connectivity index (χ0v) is 22.5. The highest BCUT2D eigenvalue weighted by Gasteiger charge is 2.41. The Morgan fingerprint density at radius 3 is 2.56 bits per heavy atom. The number of aldehydes is 1. The second-order valence-electron chi connectivity index (χ2n) is 9.79. The molecule has 0 radical (unpaired) electrons. The van der Waals surface area contributed by atoms with Crippen molar-refractivity contribution in [2.24, 2.45) is 11.8 Å². The fourth-order valence-electron chi connectivity index (χ4n) is 4.61. The van der Waals surface area contributed by atoms with Crippen LogP contribution in [0.1, 0.15) is 51.0 Å². The van der Waals surface area contributed by atoms with Gasteiger partial charge in [-0.3, -0.25) is 9.59 Å². The van der Waals surface area contributed by atoms with Crippen LogP contribution in [0.25, 0.3) is 6.08 Å². The Bertz CT molecular complexity index is 1080. The highest BCUT2D eigenvalue weighted by Crippen LogP contribution is 2.32. The first-order valence-corrected chi connectivity index (χ1v) is 13.7. The second kappa shape index (κ2) is 15.8. The second-order valence-corrected chi connectivity index (χ2v) is 9.79. The first kappa shape index (κ1) is 30.1. The minimum atomic E-state index is -1.43. The molecule has 3 aliphatic rings. The number of aliphatic hydroxyl groups is 2. The van der Waals surface area contributed by atoms with Gasteiger partial charge >= 0.3 is 0 Å². The van der Waals surface area contributed by atoms with E-state index in [1.807, 2.05) is 47.4 Å². The topological polar surface area (TPSA) is 113 Å². The number of rotatable bonds is 8. The van der Waals surface area contributed by atoms with Crippen molar-refractivity contribution >= 4 is 24.1 Å². The van der Waals surface area contributed by atoms with Crippen molar-refractivity contribution in [2.75, 3.05) is 19.9 Å². The van der Waals surface area contributed by atoms with Gasteiger partial charge in [-0.15, -0.1) is 0 Å². The molecule has 8 nitrogen and oxygen atoms in total. The van der Waals surface area contributed by atoms with E-state index in [-0.39, 0.29) is 25.0 Å². The van der Waals surface area contributed by atoms with Crippen molar-refractivity contribution in [3.63, 3.8) is 0 Å². The summed E-state index contributed by atoms with van der Waals surface area (Å²) in [6.45, 7) is 4.13. The summed E-state index contributed by atoms with van der Waals surface area (Å²) in [6.07, 6.45) is 18.4. The first-order valence-electron chi connectivity index (χ1n) is 13.7. The van der Waals surface area contributed by atoms with Gasteiger partial charge in [-0.25, -0.2) is 0 Å². The molecule has 1 aromatic carbocycles. The van der Waals surface area contributed by atoms with Gasteiger partial charge in [-0.1, -0.05) is 61.9 Å². The molecule has 39 heavy (non-hydrogen) atoms. The minimum Gasteiger partial charge on any atom is -0.454 e. The molecular weight excluding hydrogens is 498 g/mol. The lowest BCUT2D eigenvalue weighted by atomic mass is 9.76. The van der Waals surface area contributed by atoms with Gasteiger partial charge in [0.15, 0.2) is 17.3 Å². The number of aliphatic hydroxyl groups excluding tert-OH is 2. The van der Waals surface area contributed by atoms with Crippen molar-refractivity contribution in [3.05, 3.63) is 66.3 Å². The molecule has 4 rings (SSSR count). The van der Waals surface area contributed by atoms with Gasteiger partial charge in [0.25, 0.3) is 0 Å². The van der Waals surface area contributed by atoms with E-state index in [9.17, 15) is 24.6 Å². The van der Waals surface area contributed by atoms with E-state index in [0.717, 1.165) is 55.8 Å². The fraction of sp³-hybridized carbons (Fsp3) is 0.452. The summed E-state index contributed by atoms with van der Waals surface area (Å²) in [7, 11) is 0. The predicted molar refractivity (Wildman–Crippen MR) is 149 cm³/mol. The normalized spacial score (nSPS) is 25.0. The molecule has 2 fully saturated rings. The molecule has 2 aliphatic heterocycles. The van der Waals surface area contributed by atoms with Crippen molar-refractivity contribution in [1.29, 1.82) is 0 Å². The number of likely N-dealkylation sites (tertiary alicyclic amines) is 1. The average Bonchev–Trinajstić information content (AvgIpc) is 3.43. The molecule has 210 valence electrons. The Morgan fingerprint density at radius 2 is 1.82 bits per heavy atom. The van der Waals surface area contributed by atoms with Gasteiger partial charge in [-0.2, -0.15) is 0 Å². The molecule has 1 aliphatic carbocycles. The van der Waals surface area contributed by atoms with E-state index in [0.29, 0.717) is 6.29 Å². The lowest BCUT2D eigenvalue weighted by Crippen LogP contribution is -2.47. The minimum absolute atomic E-state index is 0.102. The molecule has 2 N–H and O–H groups in total. The van der Waals surface area contributed by atoms with E-state index < -0.39 is 23.9 Å². The summed E-state index contributed by atoms with van der Waals surface area (Å²) < 4.78 is 10.6. The number of ether oxygens (including phenoxy) is 2. The molecule has 8 heteroatoms. The largest absolute Gasteiger partial charge is 0.454 e. The zero-order chi connectivity index (χ0) is 28.0. The highest BCUT2D eigenvalue weighted by molar-refractivity contribution is 5.97. The summed E-state index contributed by atoms with van der Waals surface area (Å²) in [4.78, 5) is 36.4. The Hall–Kier alpha value is -3.49. The number of fused-ring (bicyclic) bond motifs is 1. The van der Waals surface area contributed by atoms with E-state index in [4.69, 9.17) is 9.47 Å². The molecule has 1 aromatic rings. The smallest absolute Gasteiger partial charge is 0.246 e. The number of hydrogen-bond donors (Lipinski definition) is 2. The van der Waals surface area contributed by atoms with E-state index >= 15 is 0 Å². The van der Waals surface area contributed by atoms with Crippen LogP contribution in [0.4, 0.5) is 0 Å². The number of ketones is 1. The number of unbranched alkanes of at least 4 members (excludes halogenated alkanes) is 1. The predicted octanol–water partition coefficient (Wildman–Crippen LogP) is 4.02. The van der Waals surface area contributed by atoms with Crippen LogP contribution in [0.15, 0.2) is 60.7 Å². The third-order valence-electron chi connectivity index (χ3n) is 6.87. The summed E-state index contributed by atoms with van der Waals surface area (Å²) >= 11 is 0. The van der Waals surface area contributed by atoms with Gasteiger partial charge in [0.05, 0.1) is 12.0 Å². The van der Waals surface area contributed by atoms with E-state index in [1.165, 1.54) is 6.42 Å². The zero-order valence-electron chi connectivity index (χ0n) is 22.5. The number of piperidine rings is 1. The Labute approximate surface area is 230 Å². The standard InChI is InChI=1S/C17H19NO3.C14H20O4/c19-17(18-10-4-1-5-11-18)7-3-2-6-14-8-9-15-16(12-14)21-13-20-15;1-2-3-4-5-6-7-10-8-12(16)14(18)13(17)11(10)9-15/h2-3,6-9,12H,1,4-5,10-11,13H2;4-7,9-12,14,16,18H,2-3,8H2,1H3. The highest BCUT2D eigenvalue weighted by atomic mass is 16.7. The van der Waals surface area contributed by atoms with Gasteiger partial charge in [0, 0.05) is 19.2 Å². The lowest BCUT2D eigenvalue weighted by Gasteiger charge is -2.31. The maximum absolute atomic E-state index is 11.9. The molecule has 0 bridgehead atoms. The average molecular weight is 538 g/mol. The monoisotopic (exact) mass is 537 g/mol. The summed E-state index contributed by atoms with van der Waals surface area (Å²) in [5.74, 6) is -0.117. The molecule has 4 atom stereocenters. The van der Waals surface area contributed by atoms with Crippen LogP contribution in [-0.2, 0) is 14.4 Å². The number of amides is 1. The number of carbonyl (C=O) groups is 3. The third kappa shape index (κ3) is 9.04. The Balaban J connectivity index is 0.000000219. The number of benzene rings is 1. The molecular formula is C31H39NO7. The number of hydrogen-bond acceptors (Lipinski definition) is 7. The number of carbonyl (C=O) groups excluding carboxylic acids is 3. The first-order chi connectivity index (χ1) is 18.9. The molecule has 0 spiro atoms. The van der Waals surface area contributed by atoms with Crippen molar-refractivity contribution in [2.45, 2.75) is 57.7 Å². The number of Topliss-reactive ketones (excluding diaryl/α,β-unsaturated/α-hetero) is 1. The summed E-state index contributed by atoms with van der Waals surface area (Å²) in [5, 5.41) is 18.9. The maximum atomic E-state index is 11.9. The summed E-state index contributed by atoms with van der Waals surface area (Å²) in [5.41, 5.74) is 1.02. The molecule has 4 unspecified atom stereocenters. The van der Waals surface area contributed by atoms with Gasteiger partial charge in [0.2, 0.25) is 12.7 Å². The van der Waals surface area contributed by atoms with Gasteiger partial charge < -0.3 is 29.4 Å². The van der Waals surface area contributed by atoms with Gasteiger partial charge in [-0.05, 0) is 55.7 Å². The molecule has 2 heterocycles. The van der Waals surface area contributed by atoms with Crippen molar-refractivity contribution < 1.29 is 34.1 Å². The summed E-state index contributed by atoms with van der Waals surface area (Å²) in [6, 6.07) is 5.79. The van der Waals surface area contributed by atoms with E-state index in [2.05, 4.69) is 6.92 Å². The molecule has 0 aromatic heterocycles. The van der Waals surface area contributed by atoms with Crippen LogP contribution in [0.3, 0.4) is 0 Å². The van der Waals surface area contributed by atoms with Crippen LogP contribution < -0.4 is 9.47 Å². The van der Waals surface area contributed by atoms with Crippen LogP contribution in [0, 0.1) is 11.8 Å². The molecule has 1 saturated carbocycles. The fourth-order valence-corrected chi connectivity index (χ4v) is 4.61. The van der Waals surface area contributed by atoms with Crippen LogP contribution in [0.2, 0.25) is 0 Å². The van der Waals surface area contributed by atoms with Gasteiger partial charge in [0.1, 0.15) is 12.4 Å². The van der Waals surface area contributed by atoms with Crippen LogP contribution in [0.5, 0.6) is 11.5 Å². The lowest BCUT2D eigenvalue weighted by molar-refractivity contribution is -0.146. The van der Waals surface area contributed by atoms with Crippen molar-refractivity contribution in [1.82, 2.24) is 4.90 Å². The maximum Gasteiger partial charge on any atom is 0.246 e. The Kier molecular flexibility index (Phi) is 12.2. The van der Waals surface area contributed by atoms with Crippen LogP contribution >= 0.6 is 0 Å². The molecule has 1 amide bonds. The molecule has 1 saturated heterocycles. The quantitative estimate of drug-likeness (QED) is 0.223.